The summed E-state index contributed by atoms with van der Waals surface area (Å²) in [4.78, 5) is 13.2. The van der Waals surface area contributed by atoms with E-state index in [0.717, 1.165) is 38.5 Å². The van der Waals surface area contributed by atoms with Gasteiger partial charge in [0.25, 0.3) is 0 Å². The molecular formula is C18H25N5O. The average Bonchev–Trinajstić information content (AvgIpc) is 2.58. The summed E-state index contributed by atoms with van der Waals surface area (Å²) in [6.45, 7) is 8.67. The summed E-state index contributed by atoms with van der Waals surface area (Å²) < 4.78 is 5.66. The number of aromatic nitrogens is 2. The summed E-state index contributed by atoms with van der Waals surface area (Å²) in [5, 5.41) is 0. The molecule has 0 aliphatic carbocycles. The van der Waals surface area contributed by atoms with E-state index in [0.29, 0.717) is 11.6 Å². The normalized spacial score (nSPS) is 15.7. The van der Waals surface area contributed by atoms with Crippen molar-refractivity contribution in [3.63, 3.8) is 0 Å². The zero-order chi connectivity index (χ0) is 16.9. The van der Waals surface area contributed by atoms with E-state index in [1.165, 1.54) is 11.9 Å². The minimum atomic E-state index is 0.0396. The van der Waals surface area contributed by atoms with Gasteiger partial charge in [0.2, 0.25) is 5.88 Å². The lowest BCUT2D eigenvalue weighted by molar-refractivity contribution is 0.233. The molecule has 1 aliphatic rings. The fraction of sp³-hybridized carbons (Fsp3) is 0.444. The Hall–Kier alpha value is -2.34. The maximum Gasteiger partial charge on any atom is 0.242 e. The minimum absolute atomic E-state index is 0.0396. The Morgan fingerprint density at radius 3 is 2.46 bits per heavy atom. The van der Waals surface area contributed by atoms with Crippen LogP contribution in [0.2, 0.25) is 0 Å². The second kappa shape index (κ2) is 7.49. The number of anilines is 2. The zero-order valence-corrected chi connectivity index (χ0v) is 14.4. The number of hydrogen-bond donors (Lipinski definition) is 1. The smallest absolute Gasteiger partial charge is 0.242 e. The molecule has 1 aliphatic heterocycles. The minimum Gasteiger partial charge on any atom is -0.473 e. The Labute approximate surface area is 143 Å². The molecule has 0 amide bonds. The molecule has 0 unspecified atom stereocenters. The topological polar surface area (TPSA) is 67.5 Å². The molecule has 1 saturated heterocycles. The number of hydrogen-bond acceptors (Lipinski definition) is 6. The molecule has 2 heterocycles. The van der Waals surface area contributed by atoms with Crippen molar-refractivity contribution in [3.8, 4) is 5.88 Å². The summed E-state index contributed by atoms with van der Waals surface area (Å²) >= 11 is 0. The SMILES string of the molecule is CC(C)Oc1ncnc(N2CCN(Cc3ccccc3)CC2)c1N. The van der Waals surface area contributed by atoms with Gasteiger partial charge in [-0.25, -0.2) is 4.98 Å². The number of benzene rings is 1. The molecule has 24 heavy (non-hydrogen) atoms. The largest absolute Gasteiger partial charge is 0.473 e. The van der Waals surface area contributed by atoms with Crippen molar-refractivity contribution in [1.82, 2.24) is 14.9 Å². The Balaban J connectivity index is 1.62. The Kier molecular flexibility index (Phi) is 5.15. The monoisotopic (exact) mass is 327 g/mol. The highest BCUT2D eigenvalue weighted by Crippen LogP contribution is 2.29. The van der Waals surface area contributed by atoms with Crippen LogP contribution in [-0.4, -0.2) is 47.2 Å². The van der Waals surface area contributed by atoms with E-state index in [9.17, 15) is 0 Å². The van der Waals surface area contributed by atoms with Crippen LogP contribution in [0.25, 0.3) is 0 Å². The first-order valence-corrected chi connectivity index (χ1v) is 8.42. The molecule has 1 fully saturated rings. The van der Waals surface area contributed by atoms with E-state index in [4.69, 9.17) is 10.5 Å². The molecule has 6 heteroatoms. The first-order chi connectivity index (χ1) is 11.6. The predicted octanol–water partition coefficient (Wildman–Crippen LogP) is 2.17. The Morgan fingerprint density at radius 1 is 1.08 bits per heavy atom. The third kappa shape index (κ3) is 3.94. The molecule has 128 valence electrons. The summed E-state index contributed by atoms with van der Waals surface area (Å²) in [5.74, 6) is 1.25. The zero-order valence-electron chi connectivity index (χ0n) is 14.4. The lowest BCUT2D eigenvalue weighted by Gasteiger charge is -2.35. The molecule has 0 bridgehead atoms. The molecule has 1 aromatic carbocycles. The summed E-state index contributed by atoms with van der Waals surface area (Å²) in [6, 6.07) is 10.6. The number of ether oxygens (including phenoxy) is 1. The average molecular weight is 327 g/mol. The van der Waals surface area contributed by atoms with Crippen LogP contribution >= 0.6 is 0 Å². The Bertz CT molecular complexity index is 654. The van der Waals surface area contributed by atoms with Crippen LogP contribution in [0, 0.1) is 0 Å². The quantitative estimate of drug-likeness (QED) is 0.908. The number of rotatable bonds is 5. The Morgan fingerprint density at radius 2 is 1.79 bits per heavy atom. The number of nitrogen functional groups attached to an aromatic ring is 1. The molecule has 0 spiro atoms. The van der Waals surface area contributed by atoms with Gasteiger partial charge in [0.1, 0.15) is 12.0 Å². The van der Waals surface area contributed by atoms with Crippen LogP contribution < -0.4 is 15.4 Å². The summed E-state index contributed by atoms with van der Waals surface area (Å²) in [7, 11) is 0. The van der Waals surface area contributed by atoms with Crippen LogP contribution in [0.4, 0.5) is 11.5 Å². The van der Waals surface area contributed by atoms with Gasteiger partial charge in [0.15, 0.2) is 5.82 Å². The molecule has 0 radical (unpaired) electrons. The van der Waals surface area contributed by atoms with Gasteiger partial charge in [-0.05, 0) is 19.4 Å². The molecule has 0 saturated carbocycles. The second-order valence-electron chi connectivity index (χ2n) is 6.33. The van der Waals surface area contributed by atoms with Crippen LogP contribution in [-0.2, 0) is 6.54 Å². The van der Waals surface area contributed by atoms with Gasteiger partial charge < -0.3 is 15.4 Å². The van der Waals surface area contributed by atoms with E-state index >= 15 is 0 Å². The van der Waals surface area contributed by atoms with Gasteiger partial charge >= 0.3 is 0 Å². The van der Waals surface area contributed by atoms with E-state index in [2.05, 4.69) is 50.1 Å². The highest BCUT2D eigenvalue weighted by atomic mass is 16.5. The molecule has 0 atom stereocenters. The van der Waals surface area contributed by atoms with Crippen molar-refractivity contribution in [2.75, 3.05) is 36.8 Å². The summed E-state index contributed by atoms with van der Waals surface area (Å²) in [6.07, 6.45) is 1.57. The van der Waals surface area contributed by atoms with E-state index < -0.39 is 0 Å². The lowest BCUT2D eigenvalue weighted by atomic mass is 10.2. The van der Waals surface area contributed by atoms with E-state index in [1.54, 1.807) is 0 Å². The molecule has 2 aromatic rings. The van der Waals surface area contributed by atoms with Crippen molar-refractivity contribution >= 4 is 11.5 Å². The molecular weight excluding hydrogens is 302 g/mol. The third-order valence-corrected chi connectivity index (χ3v) is 4.09. The van der Waals surface area contributed by atoms with Crippen LogP contribution in [0.1, 0.15) is 19.4 Å². The van der Waals surface area contributed by atoms with Crippen molar-refractivity contribution in [3.05, 3.63) is 42.2 Å². The van der Waals surface area contributed by atoms with Gasteiger partial charge in [-0.3, -0.25) is 4.90 Å². The van der Waals surface area contributed by atoms with Gasteiger partial charge in [-0.15, -0.1) is 0 Å². The van der Waals surface area contributed by atoms with E-state index in [-0.39, 0.29) is 6.10 Å². The molecule has 1 aromatic heterocycles. The number of nitrogens with two attached hydrogens (primary N) is 1. The van der Waals surface area contributed by atoms with E-state index in [1.807, 2.05) is 13.8 Å². The van der Waals surface area contributed by atoms with Crippen molar-refractivity contribution < 1.29 is 4.74 Å². The van der Waals surface area contributed by atoms with Crippen LogP contribution in [0.5, 0.6) is 5.88 Å². The van der Waals surface area contributed by atoms with Crippen molar-refractivity contribution in [2.45, 2.75) is 26.5 Å². The molecule has 2 N–H and O–H groups in total. The van der Waals surface area contributed by atoms with Crippen molar-refractivity contribution in [2.24, 2.45) is 0 Å². The number of nitrogens with zero attached hydrogens (tertiary/aromatic N) is 4. The first kappa shape index (κ1) is 16.5. The maximum absolute atomic E-state index is 6.22. The van der Waals surface area contributed by atoms with Gasteiger partial charge in [0, 0.05) is 32.7 Å². The predicted molar refractivity (Wildman–Crippen MR) is 96.1 cm³/mol. The third-order valence-electron chi connectivity index (χ3n) is 4.09. The van der Waals surface area contributed by atoms with Gasteiger partial charge in [-0.2, -0.15) is 4.98 Å². The first-order valence-electron chi connectivity index (χ1n) is 8.42. The van der Waals surface area contributed by atoms with Crippen LogP contribution in [0.3, 0.4) is 0 Å². The lowest BCUT2D eigenvalue weighted by Crippen LogP contribution is -2.46. The van der Waals surface area contributed by atoms with Gasteiger partial charge in [-0.1, -0.05) is 30.3 Å². The van der Waals surface area contributed by atoms with Gasteiger partial charge in [0.05, 0.1) is 6.10 Å². The fourth-order valence-electron chi connectivity index (χ4n) is 2.90. The highest BCUT2D eigenvalue weighted by molar-refractivity contribution is 5.67. The second-order valence-corrected chi connectivity index (χ2v) is 6.33. The van der Waals surface area contributed by atoms with Crippen molar-refractivity contribution in [1.29, 1.82) is 0 Å². The standard InChI is InChI=1S/C18H25N5O/c1-14(2)24-18-16(19)17(20-13-21-18)23-10-8-22(9-11-23)12-15-6-4-3-5-7-15/h3-7,13-14H,8-12,19H2,1-2H3. The highest BCUT2D eigenvalue weighted by Gasteiger charge is 2.22. The number of piperazine rings is 1. The fourth-order valence-corrected chi connectivity index (χ4v) is 2.90. The maximum atomic E-state index is 6.22. The molecule has 6 nitrogen and oxygen atoms in total. The summed E-state index contributed by atoms with van der Waals surface area (Å²) in [5.41, 5.74) is 8.09. The molecule has 3 rings (SSSR count). The van der Waals surface area contributed by atoms with Crippen LogP contribution in [0.15, 0.2) is 36.7 Å².